The Bertz CT molecular complexity index is 586. The molecule has 1 N–H and O–H groups in total. The van der Waals surface area contributed by atoms with Crippen LogP contribution in [0.1, 0.15) is 30.3 Å². The van der Waals surface area contributed by atoms with Crippen molar-refractivity contribution in [2.45, 2.75) is 24.9 Å². The van der Waals surface area contributed by atoms with E-state index in [0.29, 0.717) is 18.0 Å². The van der Waals surface area contributed by atoms with Crippen LogP contribution in [0.5, 0.6) is 0 Å². The molecule has 1 fully saturated rings. The van der Waals surface area contributed by atoms with E-state index < -0.39 is 17.7 Å². The molecule has 0 amide bonds. The van der Waals surface area contributed by atoms with Gasteiger partial charge in [0.05, 0.1) is 12.6 Å². The number of benzene rings is 1. The third-order valence-electron chi connectivity index (χ3n) is 3.48. The number of ether oxygens (including phenoxy) is 1. The first-order valence-corrected chi connectivity index (χ1v) is 6.79. The quantitative estimate of drug-likeness (QED) is 0.937. The predicted molar refractivity (Wildman–Crippen MR) is 69.5 cm³/mol. The number of hydrogen-bond donors (Lipinski definition) is 1. The second kappa shape index (κ2) is 6.28. The van der Waals surface area contributed by atoms with Crippen LogP contribution in [0, 0.1) is 11.6 Å². The van der Waals surface area contributed by atoms with Crippen molar-refractivity contribution in [1.82, 2.24) is 15.5 Å². The Balaban J connectivity index is 1.86. The zero-order valence-corrected chi connectivity index (χ0v) is 11.3. The minimum atomic E-state index is -0.900. The van der Waals surface area contributed by atoms with Gasteiger partial charge in [-0.1, -0.05) is 11.2 Å². The average molecular weight is 295 g/mol. The molecule has 7 heteroatoms. The van der Waals surface area contributed by atoms with Gasteiger partial charge in [-0.05, 0) is 30.5 Å². The van der Waals surface area contributed by atoms with Gasteiger partial charge in [-0.3, -0.25) is 5.32 Å². The molecule has 21 heavy (non-hydrogen) atoms. The SMILES string of the molecule is Fc1ccc([C@@H](N[C@@H]2CCCOC2)c2ncon2)cc1F. The standard InChI is InChI=1S/C14H15F2N3O2/c15-11-4-3-9(6-12(11)16)13(14-17-8-21-19-14)18-10-2-1-5-20-7-10/h3-4,6,8,10,13,18H,1-2,5,7H2/t10-,13-/m1/s1. The number of rotatable bonds is 4. The fraction of sp³-hybridized carbons (Fsp3) is 0.429. The summed E-state index contributed by atoms with van der Waals surface area (Å²) in [7, 11) is 0. The van der Waals surface area contributed by atoms with Gasteiger partial charge in [0.25, 0.3) is 0 Å². The van der Waals surface area contributed by atoms with Crippen LogP contribution < -0.4 is 5.32 Å². The van der Waals surface area contributed by atoms with Crippen molar-refractivity contribution in [2.75, 3.05) is 13.2 Å². The van der Waals surface area contributed by atoms with Gasteiger partial charge in [0.15, 0.2) is 17.5 Å². The molecule has 3 rings (SSSR count). The second-order valence-corrected chi connectivity index (χ2v) is 4.98. The van der Waals surface area contributed by atoms with Crippen molar-refractivity contribution in [1.29, 1.82) is 0 Å². The van der Waals surface area contributed by atoms with E-state index >= 15 is 0 Å². The summed E-state index contributed by atoms with van der Waals surface area (Å²) in [5, 5.41) is 7.13. The van der Waals surface area contributed by atoms with Crippen molar-refractivity contribution in [3.63, 3.8) is 0 Å². The smallest absolute Gasteiger partial charge is 0.213 e. The van der Waals surface area contributed by atoms with Crippen LogP contribution in [-0.2, 0) is 4.74 Å². The number of nitrogens with zero attached hydrogens (tertiary/aromatic N) is 2. The molecule has 2 heterocycles. The van der Waals surface area contributed by atoms with E-state index in [1.807, 2.05) is 0 Å². The van der Waals surface area contributed by atoms with E-state index in [1.54, 1.807) is 0 Å². The van der Waals surface area contributed by atoms with Gasteiger partial charge < -0.3 is 9.26 Å². The zero-order chi connectivity index (χ0) is 14.7. The van der Waals surface area contributed by atoms with Gasteiger partial charge in [-0.15, -0.1) is 0 Å². The highest BCUT2D eigenvalue weighted by Crippen LogP contribution is 2.23. The molecule has 2 atom stereocenters. The first kappa shape index (κ1) is 14.1. The third kappa shape index (κ3) is 3.25. The number of nitrogens with one attached hydrogen (secondary N) is 1. The van der Waals surface area contributed by atoms with Crippen LogP contribution in [0.15, 0.2) is 29.1 Å². The van der Waals surface area contributed by atoms with Gasteiger partial charge in [0.1, 0.15) is 0 Å². The van der Waals surface area contributed by atoms with Crippen molar-refractivity contribution in [3.05, 3.63) is 47.6 Å². The molecule has 1 saturated heterocycles. The maximum atomic E-state index is 13.5. The van der Waals surface area contributed by atoms with Crippen LogP contribution >= 0.6 is 0 Å². The van der Waals surface area contributed by atoms with E-state index in [0.717, 1.165) is 31.6 Å². The molecule has 5 nitrogen and oxygen atoms in total. The van der Waals surface area contributed by atoms with Crippen molar-refractivity contribution < 1.29 is 18.0 Å². The first-order valence-electron chi connectivity index (χ1n) is 6.79. The predicted octanol–water partition coefficient (Wildman–Crippen LogP) is 2.21. The first-order chi connectivity index (χ1) is 10.2. The van der Waals surface area contributed by atoms with Crippen molar-refractivity contribution in [3.8, 4) is 0 Å². The van der Waals surface area contributed by atoms with Gasteiger partial charge in [-0.25, -0.2) is 8.78 Å². The number of halogens is 2. The molecule has 1 aromatic heterocycles. The summed E-state index contributed by atoms with van der Waals surface area (Å²) >= 11 is 0. The molecule has 0 spiro atoms. The Morgan fingerprint density at radius 2 is 2.19 bits per heavy atom. The van der Waals surface area contributed by atoms with E-state index in [9.17, 15) is 8.78 Å². The van der Waals surface area contributed by atoms with Gasteiger partial charge in [0, 0.05) is 12.6 Å². The summed E-state index contributed by atoms with van der Waals surface area (Å²) < 4.78 is 36.7. The third-order valence-corrected chi connectivity index (χ3v) is 3.48. The Morgan fingerprint density at radius 1 is 1.29 bits per heavy atom. The summed E-state index contributed by atoms with van der Waals surface area (Å²) in [6, 6.07) is 3.39. The minimum Gasteiger partial charge on any atom is -0.380 e. The summed E-state index contributed by atoms with van der Waals surface area (Å²) in [5.41, 5.74) is 0.542. The highest BCUT2D eigenvalue weighted by Gasteiger charge is 2.24. The molecule has 2 aromatic rings. The van der Waals surface area contributed by atoms with Crippen LogP contribution in [-0.4, -0.2) is 29.4 Å². The van der Waals surface area contributed by atoms with E-state index in [2.05, 4.69) is 15.5 Å². The molecule has 1 aromatic carbocycles. The Labute approximate surface area is 120 Å². The van der Waals surface area contributed by atoms with Gasteiger partial charge in [-0.2, -0.15) is 4.98 Å². The molecule has 0 aliphatic carbocycles. The molecule has 0 radical (unpaired) electrons. The van der Waals surface area contributed by atoms with Gasteiger partial charge >= 0.3 is 0 Å². The minimum absolute atomic E-state index is 0.107. The number of aromatic nitrogens is 2. The van der Waals surface area contributed by atoms with E-state index in [1.165, 1.54) is 12.5 Å². The lowest BCUT2D eigenvalue weighted by Crippen LogP contribution is -2.40. The molecule has 0 saturated carbocycles. The highest BCUT2D eigenvalue weighted by molar-refractivity contribution is 5.26. The summed E-state index contributed by atoms with van der Waals surface area (Å²) in [6.45, 7) is 1.31. The van der Waals surface area contributed by atoms with Crippen LogP contribution in [0.25, 0.3) is 0 Å². The van der Waals surface area contributed by atoms with Crippen LogP contribution in [0.4, 0.5) is 8.78 Å². The highest BCUT2D eigenvalue weighted by atomic mass is 19.2. The summed E-state index contributed by atoms with van der Waals surface area (Å²) in [6.07, 6.45) is 3.10. The van der Waals surface area contributed by atoms with Crippen LogP contribution in [0.3, 0.4) is 0 Å². The molecular formula is C14H15F2N3O2. The molecule has 112 valence electrons. The summed E-state index contributed by atoms with van der Waals surface area (Å²) in [4.78, 5) is 4.01. The average Bonchev–Trinajstić information content (AvgIpc) is 3.03. The van der Waals surface area contributed by atoms with E-state index in [4.69, 9.17) is 9.26 Å². The normalized spacial score (nSPS) is 20.4. The zero-order valence-electron chi connectivity index (χ0n) is 11.3. The maximum Gasteiger partial charge on any atom is 0.213 e. The molecule has 1 aliphatic heterocycles. The maximum absolute atomic E-state index is 13.5. The largest absolute Gasteiger partial charge is 0.380 e. The van der Waals surface area contributed by atoms with Crippen LogP contribution in [0.2, 0.25) is 0 Å². The monoisotopic (exact) mass is 295 g/mol. The molecule has 0 bridgehead atoms. The Kier molecular flexibility index (Phi) is 4.21. The molecular weight excluding hydrogens is 280 g/mol. The fourth-order valence-corrected chi connectivity index (χ4v) is 2.43. The topological polar surface area (TPSA) is 60.2 Å². The second-order valence-electron chi connectivity index (χ2n) is 4.98. The Morgan fingerprint density at radius 3 is 2.86 bits per heavy atom. The summed E-state index contributed by atoms with van der Waals surface area (Å²) in [5.74, 6) is -1.40. The lowest BCUT2D eigenvalue weighted by Gasteiger charge is -2.27. The Hall–Kier alpha value is -1.86. The van der Waals surface area contributed by atoms with Crippen molar-refractivity contribution in [2.24, 2.45) is 0 Å². The van der Waals surface area contributed by atoms with Crippen molar-refractivity contribution >= 4 is 0 Å². The lowest BCUT2D eigenvalue weighted by atomic mass is 10.0. The molecule has 1 aliphatic rings. The fourth-order valence-electron chi connectivity index (χ4n) is 2.43. The lowest BCUT2D eigenvalue weighted by molar-refractivity contribution is 0.0675. The van der Waals surface area contributed by atoms with Gasteiger partial charge in [0.2, 0.25) is 6.39 Å². The number of hydrogen-bond acceptors (Lipinski definition) is 5. The molecule has 0 unspecified atom stereocenters. The van der Waals surface area contributed by atoms with E-state index in [-0.39, 0.29) is 6.04 Å².